The van der Waals surface area contributed by atoms with Gasteiger partial charge in [-0.3, -0.25) is 4.90 Å². The van der Waals surface area contributed by atoms with Gasteiger partial charge in [0.2, 0.25) is 0 Å². The highest BCUT2D eigenvalue weighted by Crippen LogP contribution is 2.30. The van der Waals surface area contributed by atoms with E-state index in [-0.39, 0.29) is 0 Å². The molecule has 3 unspecified atom stereocenters. The van der Waals surface area contributed by atoms with Crippen LogP contribution in [0.5, 0.6) is 0 Å². The number of piperazine rings is 1. The number of rotatable bonds is 1. The number of nitrogens with zero attached hydrogens (tertiary/aromatic N) is 1. The molecule has 3 atom stereocenters. The summed E-state index contributed by atoms with van der Waals surface area (Å²) in [7, 11) is 0. The lowest BCUT2D eigenvalue weighted by Crippen LogP contribution is -2.58. The minimum Gasteiger partial charge on any atom is -0.311 e. The molecular formula is C15H30N2. The van der Waals surface area contributed by atoms with Crippen molar-refractivity contribution in [2.75, 3.05) is 19.6 Å². The lowest BCUT2D eigenvalue weighted by molar-refractivity contribution is 0.0703. The Labute approximate surface area is 107 Å². The number of nitrogens with one attached hydrogen (secondary N) is 1. The van der Waals surface area contributed by atoms with Gasteiger partial charge in [0.15, 0.2) is 0 Å². The maximum absolute atomic E-state index is 3.70. The van der Waals surface area contributed by atoms with Crippen LogP contribution in [0.2, 0.25) is 0 Å². The van der Waals surface area contributed by atoms with Gasteiger partial charge < -0.3 is 5.32 Å². The van der Waals surface area contributed by atoms with Crippen molar-refractivity contribution < 1.29 is 0 Å². The molecule has 2 nitrogen and oxygen atoms in total. The zero-order valence-electron chi connectivity index (χ0n) is 12.1. The maximum Gasteiger partial charge on any atom is 0.0244 e. The largest absolute Gasteiger partial charge is 0.311 e. The predicted octanol–water partition coefficient (Wildman–Crippen LogP) is 2.89. The summed E-state index contributed by atoms with van der Waals surface area (Å²) in [5.74, 6) is 0.941. The van der Waals surface area contributed by atoms with Crippen molar-refractivity contribution in [2.45, 2.75) is 65.5 Å². The van der Waals surface area contributed by atoms with Gasteiger partial charge in [0.05, 0.1) is 0 Å². The monoisotopic (exact) mass is 238 g/mol. The van der Waals surface area contributed by atoms with Crippen molar-refractivity contribution in [1.29, 1.82) is 0 Å². The first-order chi connectivity index (χ1) is 7.97. The summed E-state index contributed by atoms with van der Waals surface area (Å²) >= 11 is 0. The van der Waals surface area contributed by atoms with Gasteiger partial charge in [0, 0.05) is 31.7 Å². The molecule has 0 aromatic carbocycles. The topological polar surface area (TPSA) is 15.3 Å². The Kier molecular flexibility index (Phi) is 4.14. The fourth-order valence-electron chi connectivity index (χ4n) is 3.42. The van der Waals surface area contributed by atoms with Gasteiger partial charge in [-0.1, -0.05) is 40.5 Å². The summed E-state index contributed by atoms with van der Waals surface area (Å²) in [6.45, 7) is 13.2. The third-order valence-corrected chi connectivity index (χ3v) is 4.68. The van der Waals surface area contributed by atoms with Gasteiger partial charge in [-0.05, 0) is 24.2 Å². The lowest BCUT2D eigenvalue weighted by Gasteiger charge is -2.45. The Morgan fingerprint density at radius 1 is 1.18 bits per heavy atom. The molecule has 0 bridgehead atoms. The molecular weight excluding hydrogens is 208 g/mol. The van der Waals surface area contributed by atoms with Gasteiger partial charge in [-0.15, -0.1) is 0 Å². The SMILES string of the molecule is CC1CCCC(N2CCNC(C(C)(C)C)C2)C1. The van der Waals surface area contributed by atoms with E-state index < -0.39 is 0 Å². The molecule has 2 fully saturated rings. The fourth-order valence-corrected chi connectivity index (χ4v) is 3.42. The fraction of sp³-hybridized carbons (Fsp3) is 1.00. The Bertz CT molecular complexity index is 244. The summed E-state index contributed by atoms with van der Waals surface area (Å²) in [5.41, 5.74) is 0.388. The van der Waals surface area contributed by atoms with Crippen LogP contribution in [0.1, 0.15) is 53.4 Å². The molecule has 0 radical (unpaired) electrons. The highest BCUT2D eigenvalue weighted by atomic mass is 15.2. The lowest BCUT2D eigenvalue weighted by atomic mass is 9.82. The quantitative estimate of drug-likeness (QED) is 0.755. The van der Waals surface area contributed by atoms with E-state index in [4.69, 9.17) is 0 Å². The van der Waals surface area contributed by atoms with Crippen LogP contribution in [-0.4, -0.2) is 36.6 Å². The summed E-state index contributed by atoms with van der Waals surface area (Å²) < 4.78 is 0. The van der Waals surface area contributed by atoms with E-state index in [1.54, 1.807) is 0 Å². The molecule has 100 valence electrons. The van der Waals surface area contributed by atoms with E-state index >= 15 is 0 Å². The minimum atomic E-state index is 0.388. The summed E-state index contributed by atoms with van der Waals surface area (Å²) in [5, 5.41) is 3.70. The van der Waals surface area contributed by atoms with E-state index in [1.165, 1.54) is 45.3 Å². The van der Waals surface area contributed by atoms with E-state index in [0.29, 0.717) is 11.5 Å². The molecule has 0 aromatic rings. The van der Waals surface area contributed by atoms with Crippen molar-refractivity contribution in [1.82, 2.24) is 10.2 Å². The molecule has 1 aliphatic carbocycles. The van der Waals surface area contributed by atoms with Crippen LogP contribution < -0.4 is 5.32 Å². The highest BCUT2D eigenvalue weighted by molar-refractivity contribution is 4.90. The standard InChI is InChI=1S/C15H30N2/c1-12-6-5-7-13(10-12)17-9-8-16-14(11-17)15(2,3)4/h12-14,16H,5-11H2,1-4H3. The Morgan fingerprint density at radius 2 is 1.94 bits per heavy atom. The summed E-state index contributed by atoms with van der Waals surface area (Å²) in [6, 6.07) is 1.53. The molecule has 2 aliphatic rings. The van der Waals surface area contributed by atoms with Crippen LogP contribution in [0.3, 0.4) is 0 Å². The molecule has 0 aromatic heterocycles. The van der Waals surface area contributed by atoms with Gasteiger partial charge in [0.1, 0.15) is 0 Å². The van der Waals surface area contributed by atoms with E-state index in [0.717, 1.165) is 12.0 Å². The van der Waals surface area contributed by atoms with Gasteiger partial charge >= 0.3 is 0 Å². The molecule has 1 N–H and O–H groups in total. The second-order valence-electron chi connectivity index (χ2n) is 7.29. The summed E-state index contributed by atoms with van der Waals surface area (Å²) in [4.78, 5) is 2.77. The minimum absolute atomic E-state index is 0.388. The first-order valence-electron chi connectivity index (χ1n) is 7.44. The Balaban J connectivity index is 1.92. The van der Waals surface area contributed by atoms with Crippen LogP contribution in [0.4, 0.5) is 0 Å². The molecule has 1 saturated heterocycles. The van der Waals surface area contributed by atoms with Crippen molar-refractivity contribution >= 4 is 0 Å². The van der Waals surface area contributed by atoms with Gasteiger partial charge in [-0.2, -0.15) is 0 Å². The second kappa shape index (κ2) is 5.27. The third kappa shape index (κ3) is 3.45. The molecule has 2 rings (SSSR count). The van der Waals surface area contributed by atoms with Crippen LogP contribution >= 0.6 is 0 Å². The Hall–Kier alpha value is -0.0800. The first-order valence-corrected chi connectivity index (χ1v) is 7.44. The number of hydrogen-bond donors (Lipinski definition) is 1. The van der Waals surface area contributed by atoms with E-state index in [9.17, 15) is 0 Å². The molecule has 1 saturated carbocycles. The molecule has 17 heavy (non-hydrogen) atoms. The average molecular weight is 238 g/mol. The highest BCUT2D eigenvalue weighted by Gasteiger charge is 2.33. The second-order valence-corrected chi connectivity index (χ2v) is 7.29. The normalized spacial score (nSPS) is 37.1. The predicted molar refractivity (Wildman–Crippen MR) is 74.2 cm³/mol. The van der Waals surface area contributed by atoms with Gasteiger partial charge in [-0.25, -0.2) is 0 Å². The molecule has 2 heteroatoms. The smallest absolute Gasteiger partial charge is 0.0244 e. The zero-order valence-corrected chi connectivity index (χ0v) is 12.1. The molecule has 1 aliphatic heterocycles. The zero-order chi connectivity index (χ0) is 12.5. The molecule has 1 heterocycles. The number of hydrogen-bond acceptors (Lipinski definition) is 2. The maximum atomic E-state index is 3.70. The first kappa shape index (κ1) is 13.4. The van der Waals surface area contributed by atoms with E-state index in [1.807, 2.05) is 0 Å². The summed E-state index contributed by atoms with van der Waals surface area (Å²) in [6.07, 6.45) is 5.75. The van der Waals surface area contributed by atoms with Crippen LogP contribution in [0.15, 0.2) is 0 Å². The molecule has 0 spiro atoms. The van der Waals surface area contributed by atoms with Gasteiger partial charge in [0.25, 0.3) is 0 Å². The van der Waals surface area contributed by atoms with Crippen LogP contribution in [0, 0.1) is 11.3 Å². The van der Waals surface area contributed by atoms with Crippen molar-refractivity contribution in [3.8, 4) is 0 Å². The Morgan fingerprint density at radius 3 is 2.59 bits per heavy atom. The molecule has 0 amide bonds. The third-order valence-electron chi connectivity index (χ3n) is 4.68. The van der Waals surface area contributed by atoms with Crippen molar-refractivity contribution in [3.05, 3.63) is 0 Å². The average Bonchev–Trinajstić information content (AvgIpc) is 2.28. The van der Waals surface area contributed by atoms with Crippen LogP contribution in [0.25, 0.3) is 0 Å². The van der Waals surface area contributed by atoms with Crippen LogP contribution in [-0.2, 0) is 0 Å². The van der Waals surface area contributed by atoms with E-state index in [2.05, 4.69) is 37.9 Å². The van der Waals surface area contributed by atoms with Crippen molar-refractivity contribution in [2.24, 2.45) is 11.3 Å². The van der Waals surface area contributed by atoms with Crippen molar-refractivity contribution in [3.63, 3.8) is 0 Å².